The number of aromatic nitrogens is 1. The summed E-state index contributed by atoms with van der Waals surface area (Å²) >= 11 is 0. The molecule has 0 saturated heterocycles. The highest BCUT2D eigenvalue weighted by molar-refractivity contribution is 5.95. The lowest BCUT2D eigenvalue weighted by Crippen LogP contribution is -2.07. The van der Waals surface area contributed by atoms with E-state index in [1.165, 1.54) is 11.6 Å². The summed E-state index contributed by atoms with van der Waals surface area (Å²) in [6.07, 6.45) is 0. The summed E-state index contributed by atoms with van der Waals surface area (Å²) in [5, 5.41) is 4.43. The topological polar surface area (TPSA) is 24.9 Å². The van der Waals surface area contributed by atoms with Crippen LogP contribution >= 0.6 is 0 Å². The van der Waals surface area contributed by atoms with Crippen molar-refractivity contribution >= 4 is 16.6 Å². The molecule has 0 aliphatic heterocycles. The Kier molecular flexibility index (Phi) is 3.74. The average Bonchev–Trinajstić information content (AvgIpc) is 2.34. The molecule has 2 nitrogen and oxygen atoms in total. The van der Waals surface area contributed by atoms with Crippen molar-refractivity contribution in [2.24, 2.45) is 0 Å². The van der Waals surface area contributed by atoms with Crippen LogP contribution in [0.5, 0.6) is 0 Å². The number of hydrogen-bond acceptors (Lipinski definition) is 2. The van der Waals surface area contributed by atoms with Crippen LogP contribution in [0, 0.1) is 19.7 Å². The minimum absolute atomic E-state index is 0.195. The summed E-state index contributed by atoms with van der Waals surface area (Å²) in [5.74, 6) is 0.190. The van der Waals surface area contributed by atoms with Crippen molar-refractivity contribution in [3.63, 3.8) is 0 Å². The van der Waals surface area contributed by atoms with Gasteiger partial charge in [-0.3, -0.25) is 4.98 Å². The predicted octanol–water partition coefficient (Wildman–Crippen LogP) is 4.55. The largest absolute Gasteiger partial charge is 0.384 e. The third-order valence-electron chi connectivity index (χ3n) is 3.50. The van der Waals surface area contributed by atoms with Crippen LogP contribution in [0.1, 0.15) is 43.5 Å². The van der Waals surface area contributed by atoms with Gasteiger partial charge in [0.2, 0.25) is 0 Å². The molecule has 0 aliphatic carbocycles. The van der Waals surface area contributed by atoms with E-state index in [0.717, 1.165) is 28.8 Å². The molecule has 0 bridgehead atoms. The molecule has 1 heterocycles. The molecule has 2 rings (SSSR count). The third kappa shape index (κ3) is 2.29. The Morgan fingerprint density at radius 1 is 1.26 bits per heavy atom. The Morgan fingerprint density at radius 3 is 2.53 bits per heavy atom. The molecule has 0 radical (unpaired) electrons. The van der Waals surface area contributed by atoms with Gasteiger partial charge >= 0.3 is 0 Å². The molecule has 1 aromatic heterocycles. The Morgan fingerprint density at radius 2 is 1.95 bits per heavy atom. The second-order valence-corrected chi connectivity index (χ2v) is 5.24. The fourth-order valence-corrected chi connectivity index (χ4v) is 2.65. The minimum atomic E-state index is -0.195. The molecular weight excluding hydrogens is 239 g/mol. The van der Waals surface area contributed by atoms with Crippen LogP contribution in [0.2, 0.25) is 0 Å². The molecule has 3 heteroatoms. The number of benzene rings is 1. The lowest BCUT2D eigenvalue weighted by molar-refractivity contribution is 0.620. The average molecular weight is 260 g/mol. The van der Waals surface area contributed by atoms with E-state index in [-0.39, 0.29) is 5.82 Å². The quantitative estimate of drug-likeness (QED) is 0.876. The zero-order valence-electron chi connectivity index (χ0n) is 12.3. The SMILES string of the molecule is CCNc1c(C(C)C)c(C)nc2c(C)c(F)ccc12. The van der Waals surface area contributed by atoms with Gasteiger partial charge < -0.3 is 5.32 Å². The van der Waals surface area contributed by atoms with Crippen molar-refractivity contribution in [1.29, 1.82) is 0 Å². The number of nitrogens with one attached hydrogen (secondary N) is 1. The van der Waals surface area contributed by atoms with Crippen molar-refractivity contribution in [1.82, 2.24) is 4.98 Å². The highest BCUT2D eigenvalue weighted by Gasteiger charge is 2.17. The van der Waals surface area contributed by atoms with Gasteiger partial charge in [0.05, 0.1) is 5.52 Å². The lowest BCUT2D eigenvalue weighted by Gasteiger charge is -2.19. The first kappa shape index (κ1) is 13.8. The number of rotatable bonds is 3. The van der Waals surface area contributed by atoms with Gasteiger partial charge in [-0.15, -0.1) is 0 Å². The van der Waals surface area contributed by atoms with E-state index in [9.17, 15) is 4.39 Å². The molecule has 2 aromatic rings. The van der Waals surface area contributed by atoms with Gasteiger partial charge in [0.25, 0.3) is 0 Å². The maximum Gasteiger partial charge on any atom is 0.128 e. The third-order valence-corrected chi connectivity index (χ3v) is 3.50. The van der Waals surface area contributed by atoms with Crippen LogP contribution < -0.4 is 5.32 Å². The number of anilines is 1. The molecule has 1 N–H and O–H groups in total. The van der Waals surface area contributed by atoms with E-state index in [1.54, 1.807) is 6.92 Å². The Bertz CT molecular complexity index is 618. The molecule has 1 aromatic carbocycles. The van der Waals surface area contributed by atoms with E-state index < -0.39 is 0 Å². The van der Waals surface area contributed by atoms with Gasteiger partial charge in [-0.1, -0.05) is 13.8 Å². The van der Waals surface area contributed by atoms with Crippen molar-refractivity contribution in [3.05, 3.63) is 34.8 Å². The van der Waals surface area contributed by atoms with Crippen LogP contribution in [-0.2, 0) is 0 Å². The highest BCUT2D eigenvalue weighted by Crippen LogP contribution is 2.35. The number of aryl methyl sites for hydroxylation is 2. The first-order valence-electron chi connectivity index (χ1n) is 6.80. The maximum atomic E-state index is 13.7. The van der Waals surface area contributed by atoms with Crippen LogP contribution in [0.25, 0.3) is 10.9 Å². The minimum Gasteiger partial charge on any atom is -0.384 e. The molecular formula is C16H21FN2. The van der Waals surface area contributed by atoms with E-state index in [0.29, 0.717) is 11.5 Å². The number of pyridine rings is 1. The number of nitrogens with zero attached hydrogens (tertiary/aromatic N) is 1. The standard InChI is InChI=1S/C16H21FN2/c1-6-18-16-12-7-8-13(17)10(4)15(12)19-11(5)14(16)9(2)3/h7-9H,6H2,1-5H3,(H,18,19). The summed E-state index contributed by atoms with van der Waals surface area (Å²) in [5.41, 5.74) is 4.68. The number of halogens is 1. The summed E-state index contributed by atoms with van der Waals surface area (Å²) in [6, 6.07) is 3.35. The Balaban J connectivity index is 2.88. The fraction of sp³-hybridized carbons (Fsp3) is 0.438. The summed E-state index contributed by atoms with van der Waals surface area (Å²) in [7, 11) is 0. The van der Waals surface area contributed by atoms with Gasteiger partial charge in [-0.2, -0.15) is 0 Å². The number of fused-ring (bicyclic) bond motifs is 1. The van der Waals surface area contributed by atoms with Crippen LogP contribution in [0.3, 0.4) is 0 Å². The Hall–Kier alpha value is -1.64. The van der Waals surface area contributed by atoms with Crippen molar-refractivity contribution in [2.75, 3.05) is 11.9 Å². The van der Waals surface area contributed by atoms with Crippen LogP contribution in [0.15, 0.2) is 12.1 Å². The van der Waals surface area contributed by atoms with Crippen molar-refractivity contribution in [2.45, 2.75) is 40.5 Å². The molecule has 0 saturated carbocycles. The zero-order chi connectivity index (χ0) is 14.2. The highest BCUT2D eigenvalue weighted by atomic mass is 19.1. The van der Waals surface area contributed by atoms with Crippen molar-refractivity contribution < 1.29 is 4.39 Å². The molecule has 102 valence electrons. The smallest absolute Gasteiger partial charge is 0.128 e. The normalized spacial score (nSPS) is 11.3. The second-order valence-electron chi connectivity index (χ2n) is 5.24. The Labute approximate surface area is 114 Å². The monoisotopic (exact) mass is 260 g/mol. The van der Waals surface area contributed by atoms with E-state index in [2.05, 4.69) is 31.1 Å². The van der Waals surface area contributed by atoms with Crippen molar-refractivity contribution in [3.8, 4) is 0 Å². The molecule has 0 spiro atoms. The maximum absolute atomic E-state index is 13.7. The molecule has 0 fully saturated rings. The lowest BCUT2D eigenvalue weighted by atomic mass is 9.95. The van der Waals surface area contributed by atoms with E-state index in [4.69, 9.17) is 0 Å². The summed E-state index contributed by atoms with van der Waals surface area (Å²) < 4.78 is 13.7. The molecule has 0 amide bonds. The first-order chi connectivity index (χ1) is 8.97. The first-order valence-corrected chi connectivity index (χ1v) is 6.80. The summed E-state index contributed by atoms with van der Waals surface area (Å²) in [4.78, 5) is 4.62. The summed E-state index contributed by atoms with van der Waals surface area (Å²) in [6.45, 7) is 11.0. The fourth-order valence-electron chi connectivity index (χ4n) is 2.65. The molecule has 0 aliphatic rings. The van der Waals surface area contributed by atoms with Gasteiger partial charge in [0.15, 0.2) is 0 Å². The second kappa shape index (κ2) is 5.16. The molecule has 0 atom stereocenters. The van der Waals surface area contributed by atoms with Gasteiger partial charge in [0.1, 0.15) is 5.82 Å². The van der Waals surface area contributed by atoms with Crippen LogP contribution in [-0.4, -0.2) is 11.5 Å². The molecule has 19 heavy (non-hydrogen) atoms. The zero-order valence-corrected chi connectivity index (χ0v) is 12.3. The van der Waals surface area contributed by atoms with Gasteiger partial charge in [-0.05, 0) is 44.4 Å². The van der Waals surface area contributed by atoms with E-state index >= 15 is 0 Å². The number of hydrogen-bond donors (Lipinski definition) is 1. The van der Waals surface area contributed by atoms with E-state index in [1.807, 2.05) is 13.0 Å². The predicted molar refractivity (Wildman–Crippen MR) is 79.4 cm³/mol. The van der Waals surface area contributed by atoms with Crippen LogP contribution in [0.4, 0.5) is 10.1 Å². The van der Waals surface area contributed by atoms with Gasteiger partial charge in [0, 0.05) is 28.9 Å². The van der Waals surface area contributed by atoms with Gasteiger partial charge in [-0.25, -0.2) is 4.39 Å². The molecule has 0 unspecified atom stereocenters.